The quantitative estimate of drug-likeness (QED) is 0.663. The Labute approximate surface area is 102 Å². The molecular weight excluding hydrogens is 334 g/mol. The molecule has 0 fully saturated rings. The summed E-state index contributed by atoms with van der Waals surface area (Å²) in [6.07, 6.45) is 0. The third-order valence-electron chi connectivity index (χ3n) is 1.83. The zero-order valence-electron chi connectivity index (χ0n) is 7.45. The van der Waals surface area contributed by atoms with E-state index in [4.69, 9.17) is 5.11 Å². The molecule has 0 bridgehead atoms. The molecule has 0 saturated carbocycles. The van der Waals surface area contributed by atoms with Crippen molar-refractivity contribution in [1.29, 1.82) is 0 Å². The summed E-state index contributed by atoms with van der Waals surface area (Å²) in [6.45, 7) is 1.65. The van der Waals surface area contributed by atoms with E-state index < -0.39 is 16.6 Å². The van der Waals surface area contributed by atoms with E-state index in [9.17, 15) is 14.9 Å². The minimum atomic E-state index is -1.33. The van der Waals surface area contributed by atoms with Gasteiger partial charge < -0.3 is 5.11 Å². The minimum Gasteiger partial charge on any atom is -0.477 e. The van der Waals surface area contributed by atoms with Crippen LogP contribution in [-0.4, -0.2) is 16.0 Å². The van der Waals surface area contributed by atoms with Gasteiger partial charge in [0.25, 0.3) is 5.69 Å². The van der Waals surface area contributed by atoms with Crippen LogP contribution in [0.15, 0.2) is 15.0 Å². The molecule has 1 rings (SSSR count). The van der Waals surface area contributed by atoms with Crippen molar-refractivity contribution in [2.24, 2.45) is 0 Å². The number of hydrogen-bond donors (Lipinski definition) is 1. The van der Waals surface area contributed by atoms with E-state index in [0.717, 1.165) is 0 Å². The van der Waals surface area contributed by atoms with E-state index in [2.05, 4.69) is 31.9 Å². The number of rotatable bonds is 2. The molecule has 0 amide bonds. The molecule has 0 atom stereocenters. The molecular formula is C8H5Br2NO4. The first-order valence-electron chi connectivity index (χ1n) is 3.72. The van der Waals surface area contributed by atoms with Crippen LogP contribution in [0, 0.1) is 17.0 Å². The molecule has 1 N–H and O–H groups in total. The fourth-order valence-electron chi connectivity index (χ4n) is 1.05. The lowest BCUT2D eigenvalue weighted by Gasteiger charge is -2.05. The van der Waals surface area contributed by atoms with Gasteiger partial charge in [-0.05, 0) is 34.5 Å². The first-order chi connectivity index (χ1) is 6.86. The number of benzene rings is 1. The van der Waals surface area contributed by atoms with Crippen LogP contribution < -0.4 is 0 Å². The largest absolute Gasteiger partial charge is 0.477 e. The number of hydrogen-bond acceptors (Lipinski definition) is 3. The molecule has 0 spiro atoms. The summed E-state index contributed by atoms with van der Waals surface area (Å²) in [5.41, 5.74) is -0.181. The first kappa shape index (κ1) is 12.1. The second-order valence-electron chi connectivity index (χ2n) is 2.76. The SMILES string of the molecule is Cc1c(Br)cc(C(=O)O)c([N+](=O)[O-])c1Br. The van der Waals surface area contributed by atoms with Crippen molar-refractivity contribution in [1.82, 2.24) is 0 Å². The Morgan fingerprint density at radius 2 is 2.07 bits per heavy atom. The normalized spacial score (nSPS) is 10.1. The van der Waals surface area contributed by atoms with Crippen LogP contribution in [0.2, 0.25) is 0 Å². The Balaban J connectivity index is 3.65. The van der Waals surface area contributed by atoms with E-state index in [-0.39, 0.29) is 10.0 Å². The molecule has 0 radical (unpaired) electrons. The van der Waals surface area contributed by atoms with Gasteiger partial charge in [-0.3, -0.25) is 10.1 Å². The number of carbonyl (C=O) groups is 1. The van der Waals surface area contributed by atoms with Crippen LogP contribution in [-0.2, 0) is 0 Å². The highest BCUT2D eigenvalue weighted by molar-refractivity contribution is 9.11. The van der Waals surface area contributed by atoms with Gasteiger partial charge >= 0.3 is 5.97 Å². The maximum absolute atomic E-state index is 10.8. The average Bonchev–Trinajstić information content (AvgIpc) is 2.12. The zero-order valence-corrected chi connectivity index (χ0v) is 10.6. The number of carboxylic acids is 1. The second-order valence-corrected chi connectivity index (χ2v) is 4.40. The Morgan fingerprint density at radius 1 is 1.53 bits per heavy atom. The van der Waals surface area contributed by atoms with Gasteiger partial charge in [0.15, 0.2) is 0 Å². The molecule has 0 aliphatic carbocycles. The van der Waals surface area contributed by atoms with Crippen molar-refractivity contribution in [3.8, 4) is 0 Å². The van der Waals surface area contributed by atoms with Crippen LogP contribution in [0.5, 0.6) is 0 Å². The van der Waals surface area contributed by atoms with Gasteiger partial charge in [-0.2, -0.15) is 0 Å². The third kappa shape index (κ3) is 2.18. The molecule has 80 valence electrons. The molecule has 0 saturated heterocycles. The highest BCUT2D eigenvalue weighted by Gasteiger charge is 2.26. The molecule has 1 aromatic rings. The van der Waals surface area contributed by atoms with Crippen molar-refractivity contribution in [2.75, 3.05) is 0 Å². The van der Waals surface area contributed by atoms with Crippen LogP contribution in [0.4, 0.5) is 5.69 Å². The maximum atomic E-state index is 10.8. The van der Waals surface area contributed by atoms with Gasteiger partial charge in [0.2, 0.25) is 0 Å². The topological polar surface area (TPSA) is 80.4 Å². The first-order valence-corrected chi connectivity index (χ1v) is 5.31. The van der Waals surface area contributed by atoms with Crippen molar-refractivity contribution in [3.05, 3.63) is 36.3 Å². The molecule has 5 nitrogen and oxygen atoms in total. The lowest BCUT2D eigenvalue weighted by molar-refractivity contribution is -0.386. The molecule has 1 aromatic carbocycles. The fraction of sp³-hybridized carbons (Fsp3) is 0.125. The van der Waals surface area contributed by atoms with Crippen LogP contribution >= 0.6 is 31.9 Å². The maximum Gasteiger partial charge on any atom is 0.342 e. The van der Waals surface area contributed by atoms with Gasteiger partial charge in [-0.25, -0.2) is 4.79 Å². The van der Waals surface area contributed by atoms with Crippen LogP contribution in [0.1, 0.15) is 15.9 Å². The van der Waals surface area contributed by atoms with Gasteiger partial charge in [-0.1, -0.05) is 15.9 Å². The summed E-state index contributed by atoms with van der Waals surface area (Å²) in [7, 11) is 0. The van der Waals surface area contributed by atoms with E-state index >= 15 is 0 Å². The molecule has 0 heterocycles. The lowest BCUT2D eigenvalue weighted by atomic mass is 10.1. The lowest BCUT2D eigenvalue weighted by Crippen LogP contribution is -2.04. The summed E-state index contributed by atoms with van der Waals surface area (Å²) in [5, 5.41) is 19.5. The van der Waals surface area contributed by atoms with Gasteiger partial charge in [0.1, 0.15) is 10.0 Å². The molecule has 0 aliphatic heterocycles. The summed E-state index contributed by atoms with van der Waals surface area (Å²) in [6, 6.07) is 1.22. The number of carboxylic acid groups (broad SMARTS) is 1. The summed E-state index contributed by atoms with van der Waals surface area (Å²) in [4.78, 5) is 20.8. The van der Waals surface area contributed by atoms with Crippen LogP contribution in [0.25, 0.3) is 0 Å². The molecule has 0 unspecified atom stereocenters. The monoisotopic (exact) mass is 337 g/mol. The minimum absolute atomic E-state index is 0.180. The predicted molar refractivity (Wildman–Crippen MR) is 60.2 cm³/mol. The van der Waals surface area contributed by atoms with Crippen molar-refractivity contribution < 1.29 is 14.8 Å². The Hall–Kier alpha value is -0.950. The average molecular weight is 339 g/mol. The highest BCUT2D eigenvalue weighted by Crippen LogP contribution is 2.36. The third-order valence-corrected chi connectivity index (χ3v) is 3.63. The summed E-state index contributed by atoms with van der Waals surface area (Å²) < 4.78 is 0.691. The van der Waals surface area contributed by atoms with E-state index in [0.29, 0.717) is 10.0 Å². The number of aromatic carboxylic acids is 1. The molecule has 0 aromatic heterocycles. The van der Waals surface area contributed by atoms with E-state index in [1.807, 2.05) is 0 Å². The van der Waals surface area contributed by atoms with E-state index in [1.165, 1.54) is 6.07 Å². The van der Waals surface area contributed by atoms with Crippen molar-refractivity contribution in [2.45, 2.75) is 6.92 Å². The number of nitro benzene ring substituents is 1. The summed E-state index contributed by atoms with van der Waals surface area (Å²) >= 11 is 6.15. The molecule has 0 aliphatic rings. The Morgan fingerprint density at radius 3 is 2.47 bits per heavy atom. The predicted octanol–water partition coefficient (Wildman–Crippen LogP) is 3.13. The van der Waals surface area contributed by atoms with Crippen molar-refractivity contribution in [3.63, 3.8) is 0 Å². The van der Waals surface area contributed by atoms with Gasteiger partial charge in [-0.15, -0.1) is 0 Å². The molecule has 7 heteroatoms. The fourth-order valence-corrected chi connectivity index (χ4v) is 2.31. The number of nitrogens with zero attached hydrogens (tertiary/aromatic N) is 1. The zero-order chi connectivity index (χ0) is 11.7. The van der Waals surface area contributed by atoms with E-state index in [1.54, 1.807) is 6.92 Å². The van der Waals surface area contributed by atoms with Crippen molar-refractivity contribution >= 4 is 43.5 Å². The Kier molecular flexibility index (Phi) is 3.46. The molecule has 15 heavy (non-hydrogen) atoms. The summed E-state index contributed by atoms with van der Waals surface area (Å²) in [5.74, 6) is -1.33. The van der Waals surface area contributed by atoms with Gasteiger partial charge in [0.05, 0.1) is 4.92 Å². The van der Waals surface area contributed by atoms with Crippen LogP contribution in [0.3, 0.4) is 0 Å². The van der Waals surface area contributed by atoms with Gasteiger partial charge in [0, 0.05) is 4.47 Å². The second kappa shape index (κ2) is 4.28. The number of halogens is 2. The highest BCUT2D eigenvalue weighted by atomic mass is 79.9. The number of nitro groups is 1. The Bertz CT molecular complexity index is 458. The smallest absolute Gasteiger partial charge is 0.342 e. The standard InChI is InChI=1S/C8H5Br2NO4/c1-3-5(9)2-4(8(12)13)7(6(3)10)11(14)15/h2H,1H3,(H,12,13).